The molecule has 1 aromatic heterocycles. The zero-order valence-corrected chi connectivity index (χ0v) is 14.6. The maximum absolute atomic E-state index is 12.5. The maximum atomic E-state index is 12.5. The lowest BCUT2D eigenvalue weighted by molar-refractivity contribution is 0.0936. The van der Waals surface area contributed by atoms with Gasteiger partial charge in [0, 0.05) is 19.1 Å². The van der Waals surface area contributed by atoms with Crippen molar-refractivity contribution in [3.63, 3.8) is 0 Å². The average Bonchev–Trinajstić information content (AvgIpc) is 3.28. The van der Waals surface area contributed by atoms with Crippen LogP contribution in [-0.2, 0) is 13.0 Å². The molecule has 0 unspecified atom stereocenters. The van der Waals surface area contributed by atoms with Gasteiger partial charge in [0.2, 0.25) is 0 Å². The van der Waals surface area contributed by atoms with Gasteiger partial charge in [-0.05, 0) is 59.2 Å². The van der Waals surface area contributed by atoms with E-state index in [-0.39, 0.29) is 11.8 Å². The molecule has 0 spiro atoms. The number of hydrogen-bond donors (Lipinski definition) is 2. The molecule has 0 atom stereocenters. The summed E-state index contributed by atoms with van der Waals surface area (Å²) in [5.41, 5.74) is 1.36. The first-order chi connectivity index (χ1) is 11.6. The Bertz CT molecular complexity index is 619. The topological polar surface area (TPSA) is 79.3 Å². The highest BCUT2D eigenvalue weighted by Gasteiger charge is 2.30. The molecule has 7 heteroatoms. The SMILES string of the molecule is CN(C)CCCNC(=O)c1nc(C(=O)NC2CC2)c2n1CCCC2. The normalized spacial score (nSPS) is 16.8. The highest BCUT2D eigenvalue weighted by molar-refractivity contribution is 5.97. The van der Waals surface area contributed by atoms with Gasteiger partial charge in [-0.15, -0.1) is 0 Å². The molecule has 1 aliphatic carbocycles. The smallest absolute Gasteiger partial charge is 0.287 e. The average molecular weight is 333 g/mol. The predicted octanol–water partition coefficient (Wildman–Crippen LogP) is 0.793. The molecule has 3 rings (SSSR count). The van der Waals surface area contributed by atoms with E-state index >= 15 is 0 Å². The van der Waals surface area contributed by atoms with Gasteiger partial charge >= 0.3 is 0 Å². The fraction of sp³-hybridized carbons (Fsp3) is 0.706. The van der Waals surface area contributed by atoms with Crippen molar-refractivity contribution in [3.05, 3.63) is 17.2 Å². The van der Waals surface area contributed by atoms with E-state index in [0.717, 1.165) is 57.3 Å². The Morgan fingerprint density at radius 1 is 1.25 bits per heavy atom. The van der Waals surface area contributed by atoms with Gasteiger partial charge in [-0.1, -0.05) is 0 Å². The van der Waals surface area contributed by atoms with Crippen LogP contribution in [0.15, 0.2) is 0 Å². The van der Waals surface area contributed by atoms with Gasteiger partial charge < -0.3 is 20.1 Å². The zero-order chi connectivity index (χ0) is 17.1. The van der Waals surface area contributed by atoms with E-state index in [9.17, 15) is 9.59 Å². The van der Waals surface area contributed by atoms with Crippen molar-refractivity contribution in [2.75, 3.05) is 27.2 Å². The van der Waals surface area contributed by atoms with Gasteiger partial charge in [-0.25, -0.2) is 4.98 Å². The molecular weight excluding hydrogens is 306 g/mol. The molecule has 2 heterocycles. The lowest BCUT2D eigenvalue weighted by Crippen LogP contribution is -2.30. The van der Waals surface area contributed by atoms with E-state index in [1.54, 1.807) is 0 Å². The molecule has 2 N–H and O–H groups in total. The van der Waals surface area contributed by atoms with Crippen molar-refractivity contribution < 1.29 is 9.59 Å². The molecule has 0 aromatic carbocycles. The van der Waals surface area contributed by atoms with Crippen LogP contribution in [0.1, 0.15) is 58.9 Å². The summed E-state index contributed by atoms with van der Waals surface area (Å²) in [7, 11) is 4.02. The van der Waals surface area contributed by atoms with Crippen LogP contribution in [0.2, 0.25) is 0 Å². The summed E-state index contributed by atoms with van der Waals surface area (Å²) in [4.78, 5) is 31.4. The molecule has 1 saturated carbocycles. The van der Waals surface area contributed by atoms with Crippen LogP contribution in [0.5, 0.6) is 0 Å². The Morgan fingerprint density at radius 3 is 2.75 bits per heavy atom. The van der Waals surface area contributed by atoms with Crippen molar-refractivity contribution in [1.82, 2.24) is 25.1 Å². The lowest BCUT2D eigenvalue weighted by Gasteiger charge is -2.17. The molecular formula is C17H27N5O2. The number of imidazole rings is 1. The van der Waals surface area contributed by atoms with E-state index < -0.39 is 0 Å². The summed E-state index contributed by atoms with van der Waals surface area (Å²) in [6.07, 6.45) is 5.85. The molecule has 7 nitrogen and oxygen atoms in total. The van der Waals surface area contributed by atoms with Crippen molar-refractivity contribution in [2.24, 2.45) is 0 Å². The Balaban J connectivity index is 1.71. The van der Waals surface area contributed by atoms with Crippen molar-refractivity contribution in [1.29, 1.82) is 0 Å². The molecule has 1 aliphatic heterocycles. The summed E-state index contributed by atoms with van der Waals surface area (Å²) < 4.78 is 1.94. The first kappa shape index (κ1) is 17.0. The number of nitrogens with zero attached hydrogens (tertiary/aromatic N) is 3. The lowest BCUT2D eigenvalue weighted by atomic mass is 10.1. The van der Waals surface area contributed by atoms with Crippen molar-refractivity contribution in [3.8, 4) is 0 Å². The zero-order valence-electron chi connectivity index (χ0n) is 14.6. The number of rotatable bonds is 7. The largest absolute Gasteiger partial charge is 0.349 e. The number of carbonyl (C=O) groups excluding carboxylic acids is 2. The van der Waals surface area contributed by atoms with E-state index in [1.165, 1.54) is 0 Å². The van der Waals surface area contributed by atoms with Gasteiger partial charge in [0.05, 0.1) is 5.69 Å². The van der Waals surface area contributed by atoms with Crippen molar-refractivity contribution >= 4 is 11.8 Å². The number of amides is 2. The van der Waals surface area contributed by atoms with Crippen LogP contribution in [0, 0.1) is 0 Å². The second-order valence-corrected chi connectivity index (χ2v) is 7.00. The molecule has 24 heavy (non-hydrogen) atoms. The highest BCUT2D eigenvalue weighted by atomic mass is 16.2. The fourth-order valence-electron chi connectivity index (χ4n) is 3.06. The summed E-state index contributed by atoms with van der Waals surface area (Å²) >= 11 is 0. The Kier molecular flexibility index (Phi) is 5.18. The minimum absolute atomic E-state index is 0.130. The molecule has 2 amide bonds. The standard InChI is InChI=1S/C17H27N5O2/c1-21(2)10-5-9-18-17(24)15-20-14(16(23)19-12-7-8-12)13-6-3-4-11-22(13)15/h12H,3-11H2,1-2H3,(H,18,24)(H,19,23). The van der Waals surface area contributed by atoms with E-state index in [1.807, 2.05) is 18.7 Å². The number of hydrogen-bond acceptors (Lipinski definition) is 4. The molecule has 0 saturated heterocycles. The Morgan fingerprint density at radius 2 is 2.04 bits per heavy atom. The van der Waals surface area contributed by atoms with Crippen LogP contribution < -0.4 is 10.6 Å². The molecule has 132 valence electrons. The Hall–Kier alpha value is -1.89. The van der Waals surface area contributed by atoms with Crippen LogP contribution in [0.4, 0.5) is 0 Å². The summed E-state index contributed by atoms with van der Waals surface area (Å²) in [5, 5.41) is 5.91. The molecule has 0 radical (unpaired) electrons. The molecule has 1 aromatic rings. The van der Waals surface area contributed by atoms with Crippen LogP contribution in [0.3, 0.4) is 0 Å². The van der Waals surface area contributed by atoms with Crippen LogP contribution >= 0.6 is 0 Å². The monoisotopic (exact) mass is 333 g/mol. The van der Waals surface area contributed by atoms with E-state index in [2.05, 4.69) is 20.5 Å². The maximum Gasteiger partial charge on any atom is 0.287 e. The van der Waals surface area contributed by atoms with Gasteiger partial charge in [-0.2, -0.15) is 0 Å². The third-order valence-electron chi connectivity index (χ3n) is 4.52. The number of fused-ring (bicyclic) bond motifs is 1. The second kappa shape index (κ2) is 7.34. The molecule has 1 fully saturated rings. The van der Waals surface area contributed by atoms with Crippen LogP contribution in [-0.4, -0.2) is 59.5 Å². The third-order valence-corrected chi connectivity index (χ3v) is 4.52. The predicted molar refractivity (Wildman–Crippen MR) is 91.2 cm³/mol. The quantitative estimate of drug-likeness (QED) is 0.723. The van der Waals surface area contributed by atoms with Gasteiger partial charge in [0.1, 0.15) is 5.69 Å². The van der Waals surface area contributed by atoms with Gasteiger partial charge in [0.25, 0.3) is 11.8 Å². The summed E-state index contributed by atoms with van der Waals surface area (Å²) in [6.45, 7) is 2.30. The summed E-state index contributed by atoms with van der Waals surface area (Å²) in [5.74, 6) is 0.0766. The van der Waals surface area contributed by atoms with E-state index in [0.29, 0.717) is 24.1 Å². The van der Waals surface area contributed by atoms with Crippen molar-refractivity contribution in [2.45, 2.75) is 51.1 Å². The first-order valence-electron chi connectivity index (χ1n) is 8.89. The van der Waals surface area contributed by atoms with E-state index in [4.69, 9.17) is 0 Å². The second-order valence-electron chi connectivity index (χ2n) is 7.00. The number of carbonyl (C=O) groups is 2. The fourth-order valence-corrected chi connectivity index (χ4v) is 3.06. The van der Waals surface area contributed by atoms with Crippen LogP contribution in [0.25, 0.3) is 0 Å². The summed E-state index contributed by atoms with van der Waals surface area (Å²) in [6, 6.07) is 0.293. The third kappa shape index (κ3) is 3.95. The number of nitrogens with one attached hydrogen (secondary N) is 2. The minimum Gasteiger partial charge on any atom is -0.349 e. The highest BCUT2D eigenvalue weighted by Crippen LogP contribution is 2.23. The Labute approximate surface area is 142 Å². The number of aromatic nitrogens is 2. The first-order valence-corrected chi connectivity index (χ1v) is 8.89. The molecule has 0 bridgehead atoms. The minimum atomic E-state index is -0.178. The van der Waals surface area contributed by atoms with Gasteiger partial charge in [0.15, 0.2) is 5.82 Å². The molecule has 2 aliphatic rings. The van der Waals surface area contributed by atoms with Gasteiger partial charge in [-0.3, -0.25) is 9.59 Å².